The molecule has 43 heavy (non-hydrogen) atoms. The molecule has 0 radical (unpaired) electrons. The SMILES string of the molecule is c1ccc(C2=NC(c3ccc4c(c3)C3(c5ccccc5-c5ccccc53)c3ccccc3-4)=NC(c3ccccc3)C2)cc1. The average molecular weight is 549 g/mol. The predicted molar refractivity (Wildman–Crippen MR) is 176 cm³/mol. The molecule has 1 spiro atoms. The first-order chi connectivity index (χ1) is 21.3. The summed E-state index contributed by atoms with van der Waals surface area (Å²) < 4.78 is 0. The highest BCUT2D eigenvalue weighted by Gasteiger charge is 2.51. The third kappa shape index (κ3) is 3.47. The lowest BCUT2D eigenvalue weighted by molar-refractivity contribution is 0.753. The van der Waals surface area contributed by atoms with Crippen molar-refractivity contribution < 1.29 is 0 Å². The Labute approximate surface area is 251 Å². The fourth-order valence-corrected chi connectivity index (χ4v) is 7.63. The molecular formula is C41H28N2. The highest BCUT2D eigenvalue weighted by atomic mass is 15.0. The first-order valence-corrected chi connectivity index (χ1v) is 15.0. The zero-order valence-electron chi connectivity index (χ0n) is 23.6. The van der Waals surface area contributed by atoms with Crippen LogP contribution >= 0.6 is 0 Å². The molecule has 0 aromatic heterocycles. The summed E-state index contributed by atoms with van der Waals surface area (Å²) in [5.74, 6) is 0.799. The van der Waals surface area contributed by atoms with E-state index in [4.69, 9.17) is 9.98 Å². The summed E-state index contributed by atoms with van der Waals surface area (Å²) in [6.45, 7) is 0. The van der Waals surface area contributed by atoms with Gasteiger partial charge in [0.2, 0.25) is 0 Å². The summed E-state index contributed by atoms with van der Waals surface area (Å²) in [5.41, 5.74) is 14.7. The Bertz CT molecular complexity index is 2040. The summed E-state index contributed by atoms with van der Waals surface area (Å²) in [7, 11) is 0. The van der Waals surface area contributed by atoms with Crippen molar-refractivity contribution in [1.82, 2.24) is 0 Å². The number of hydrogen-bond donors (Lipinski definition) is 0. The Kier molecular flexibility index (Phi) is 5.27. The van der Waals surface area contributed by atoms with Gasteiger partial charge in [-0.15, -0.1) is 0 Å². The van der Waals surface area contributed by atoms with Crippen molar-refractivity contribution in [3.63, 3.8) is 0 Å². The molecule has 0 saturated carbocycles. The van der Waals surface area contributed by atoms with Gasteiger partial charge in [0.1, 0.15) is 0 Å². The summed E-state index contributed by atoms with van der Waals surface area (Å²) in [4.78, 5) is 10.5. The molecule has 1 aliphatic heterocycles. The van der Waals surface area contributed by atoms with E-state index in [1.54, 1.807) is 0 Å². The fraction of sp³-hybridized carbons (Fsp3) is 0.0732. The van der Waals surface area contributed by atoms with Crippen LogP contribution in [0, 0.1) is 0 Å². The molecule has 0 N–H and O–H groups in total. The number of hydrogen-bond acceptors (Lipinski definition) is 2. The minimum atomic E-state index is -0.380. The van der Waals surface area contributed by atoms with Gasteiger partial charge in [0, 0.05) is 12.0 Å². The number of aliphatic imine (C=N–C) groups is 2. The van der Waals surface area contributed by atoms with Crippen molar-refractivity contribution in [2.24, 2.45) is 9.98 Å². The van der Waals surface area contributed by atoms with Gasteiger partial charge in [0.05, 0.1) is 17.2 Å². The number of benzene rings is 6. The standard InChI is InChI=1S/C41H28N2/c1-3-13-27(14-4-1)38-26-39(28-15-5-2-6-16-28)43-40(42-38)29-23-24-33-32-19-9-12-22-36(32)41(37(33)25-29)34-20-10-7-17-30(34)31-18-8-11-21-35(31)41/h1-25,38H,26H2. The molecule has 6 aromatic rings. The predicted octanol–water partition coefficient (Wildman–Crippen LogP) is 9.41. The summed E-state index contributed by atoms with van der Waals surface area (Å²) in [6, 6.07) is 54.9. The molecular weight excluding hydrogens is 520 g/mol. The summed E-state index contributed by atoms with van der Waals surface area (Å²) in [5, 5.41) is 0. The summed E-state index contributed by atoms with van der Waals surface area (Å²) in [6.07, 6.45) is 0.776. The molecule has 1 atom stereocenters. The maximum Gasteiger partial charge on any atom is 0.155 e. The smallest absolute Gasteiger partial charge is 0.155 e. The molecule has 9 rings (SSSR count). The third-order valence-electron chi connectivity index (χ3n) is 9.45. The van der Waals surface area contributed by atoms with E-state index in [1.807, 2.05) is 0 Å². The van der Waals surface area contributed by atoms with Gasteiger partial charge in [0.15, 0.2) is 5.84 Å². The zero-order chi connectivity index (χ0) is 28.4. The van der Waals surface area contributed by atoms with Crippen LogP contribution in [0.5, 0.6) is 0 Å². The van der Waals surface area contributed by atoms with Gasteiger partial charge in [-0.25, -0.2) is 4.99 Å². The Morgan fingerprint density at radius 1 is 0.465 bits per heavy atom. The number of fused-ring (bicyclic) bond motifs is 10. The third-order valence-corrected chi connectivity index (χ3v) is 9.45. The van der Waals surface area contributed by atoms with E-state index in [-0.39, 0.29) is 11.5 Å². The van der Waals surface area contributed by atoms with Crippen LogP contribution in [0.1, 0.15) is 51.4 Å². The van der Waals surface area contributed by atoms with Crippen LogP contribution in [0.2, 0.25) is 0 Å². The van der Waals surface area contributed by atoms with E-state index in [0.717, 1.165) is 29.1 Å². The van der Waals surface area contributed by atoms with E-state index in [9.17, 15) is 0 Å². The van der Waals surface area contributed by atoms with E-state index in [1.165, 1.54) is 50.1 Å². The van der Waals surface area contributed by atoms with Crippen molar-refractivity contribution >= 4 is 11.5 Å². The second-order valence-electron chi connectivity index (χ2n) is 11.7. The van der Waals surface area contributed by atoms with Gasteiger partial charge in [-0.1, -0.05) is 146 Å². The van der Waals surface area contributed by atoms with Crippen molar-refractivity contribution in [3.8, 4) is 22.3 Å². The minimum Gasteiger partial charge on any atom is -0.258 e. The molecule has 3 aliphatic rings. The Hall–Kier alpha value is -5.34. The number of nitrogens with zero attached hydrogens (tertiary/aromatic N) is 2. The molecule has 6 aromatic carbocycles. The molecule has 2 heteroatoms. The second kappa shape index (κ2) is 9.34. The van der Waals surface area contributed by atoms with Crippen LogP contribution in [0.15, 0.2) is 162 Å². The maximum atomic E-state index is 5.31. The Balaban J connectivity index is 1.29. The maximum absolute atomic E-state index is 5.31. The van der Waals surface area contributed by atoms with Crippen LogP contribution in [0.3, 0.4) is 0 Å². The van der Waals surface area contributed by atoms with E-state index >= 15 is 0 Å². The lowest BCUT2D eigenvalue weighted by Gasteiger charge is -2.30. The Morgan fingerprint density at radius 3 is 1.58 bits per heavy atom. The lowest BCUT2D eigenvalue weighted by Crippen LogP contribution is -2.26. The van der Waals surface area contributed by atoms with Crippen LogP contribution < -0.4 is 0 Å². The van der Waals surface area contributed by atoms with Gasteiger partial charge in [-0.2, -0.15) is 0 Å². The van der Waals surface area contributed by atoms with E-state index in [2.05, 4.69) is 152 Å². The van der Waals surface area contributed by atoms with Crippen molar-refractivity contribution in [3.05, 3.63) is 191 Å². The van der Waals surface area contributed by atoms with Gasteiger partial charge >= 0.3 is 0 Å². The largest absolute Gasteiger partial charge is 0.258 e. The Morgan fingerprint density at radius 2 is 0.977 bits per heavy atom. The first kappa shape index (κ1) is 24.3. The highest BCUT2D eigenvalue weighted by molar-refractivity contribution is 6.14. The van der Waals surface area contributed by atoms with Crippen molar-refractivity contribution in [1.29, 1.82) is 0 Å². The number of rotatable bonds is 3. The summed E-state index contributed by atoms with van der Waals surface area (Å²) >= 11 is 0. The average Bonchev–Trinajstić information content (AvgIpc) is 3.56. The minimum absolute atomic E-state index is 0.0104. The molecule has 0 bridgehead atoms. The van der Waals surface area contributed by atoms with Crippen molar-refractivity contribution in [2.75, 3.05) is 0 Å². The number of amidine groups is 1. The molecule has 2 nitrogen and oxygen atoms in total. The van der Waals surface area contributed by atoms with E-state index in [0.29, 0.717) is 0 Å². The topological polar surface area (TPSA) is 24.7 Å². The fourth-order valence-electron chi connectivity index (χ4n) is 7.63. The highest BCUT2D eigenvalue weighted by Crippen LogP contribution is 2.62. The van der Waals surface area contributed by atoms with Gasteiger partial charge < -0.3 is 0 Å². The van der Waals surface area contributed by atoms with Crippen LogP contribution in [-0.2, 0) is 5.41 Å². The molecule has 1 heterocycles. The van der Waals surface area contributed by atoms with Gasteiger partial charge in [-0.3, -0.25) is 4.99 Å². The van der Waals surface area contributed by atoms with Crippen molar-refractivity contribution in [2.45, 2.75) is 17.9 Å². The normalized spacial score (nSPS) is 17.0. The van der Waals surface area contributed by atoms with Gasteiger partial charge in [0.25, 0.3) is 0 Å². The van der Waals surface area contributed by atoms with Gasteiger partial charge in [-0.05, 0) is 61.7 Å². The molecule has 0 amide bonds. The first-order valence-electron chi connectivity index (χ1n) is 15.0. The molecule has 1 unspecified atom stereocenters. The second-order valence-corrected chi connectivity index (χ2v) is 11.7. The molecule has 2 aliphatic carbocycles. The van der Waals surface area contributed by atoms with Crippen LogP contribution in [-0.4, -0.2) is 11.5 Å². The lowest BCUT2D eigenvalue weighted by atomic mass is 9.70. The van der Waals surface area contributed by atoms with Crippen LogP contribution in [0.25, 0.3) is 22.3 Å². The van der Waals surface area contributed by atoms with E-state index < -0.39 is 0 Å². The molecule has 0 fully saturated rings. The quantitative estimate of drug-likeness (QED) is 0.210. The zero-order valence-corrected chi connectivity index (χ0v) is 23.6. The molecule has 202 valence electrons. The molecule has 0 saturated heterocycles. The van der Waals surface area contributed by atoms with Crippen LogP contribution in [0.4, 0.5) is 0 Å². The monoisotopic (exact) mass is 548 g/mol.